The zero-order valence-corrected chi connectivity index (χ0v) is 11.8. The Morgan fingerprint density at radius 2 is 2.05 bits per heavy atom. The van der Waals surface area contributed by atoms with Crippen LogP contribution in [0.3, 0.4) is 0 Å². The van der Waals surface area contributed by atoms with Crippen molar-refractivity contribution in [2.24, 2.45) is 5.16 Å². The van der Waals surface area contributed by atoms with E-state index in [1.165, 1.54) is 12.1 Å². The third-order valence-electron chi connectivity index (χ3n) is 3.43. The second-order valence-electron chi connectivity index (χ2n) is 5.05. The number of rotatable bonds is 4. The lowest BCUT2D eigenvalue weighted by molar-refractivity contribution is -0.131. The zero-order chi connectivity index (χ0) is 15.4. The second-order valence-corrected chi connectivity index (χ2v) is 5.05. The van der Waals surface area contributed by atoms with Gasteiger partial charge in [0.15, 0.2) is 0 Å². The molecular weight excluding hydrogens is 283 g/mol. The van der Waals surface area contributed by atoms with Crippen LogP contribution in [0.2, 0.25) is 0 Å². The molecule has 0 saturated carbocycles. The molecule has 1 aliphatic rings. The van der Waals surface area contributed by atoms with Gasteiger partial charge in [-0.2, -0.15) is 0 Å². The summed E-state index contributed by atoms with van der Waals surface area (Å²) < 4.78 is 13.2. The van der Waals surface area contributed by atoms with Gasteiger partial charge >= 0.3 is 0 Å². The molecule has 0 spiro atoms. The van der Waals surface area contributed by atoms with Crippen LogP contribution in [-0.2, 0) is 16.2 Å². The van der Waals surface area contributed by atoms with Crippen LogP contribution in [0.1, 0.15) is 17.5 Å². The monoisotopic (exact) mass is 298 g/mol. The summed E-state index contributed by atoms with van der Waals surface area (Å²) in [6.45, 7) is 0.439. The summed E-state index contributed by atoms with van der Waals surface area (Å²) >= 11 is 0. The van der Waals surface area contributed by atoms with Gasteiger partial charge in [0.2, 0.25) is 6.10 Å². The van der Waals surface area contributed by atoms with Gasteiger partial charge in [-0.15, -0.1) is 0 Å². The Hall–Kier alpha value is -2.69. The number of amides is 1. The fourth-order valence-electron chi connectivity index (χ4n) is 2.26. The normalized spacial score (nSPS) is 16.8. The first-order chi connectivity index (χ1) is 10.7. The van der Waals surface area contributed by atoms with E-state index in [0.29, 0.717) is 24.2 Å². The number of carbonyl (C=O) groups is 1. The molecule has 1 atom stereocenters. The molecule has 1 aliphatic heterocycles. The molecule has 0 fully saturated rings. The van der Waals surface area contributed by atoms with Crippen molar-refractivity contribution in [3.8, 4) is 0 Å². The number of oxime groups is 1. The van der Waals surface area contributed by atoms with Gasteiger partial charge in [-0.1, -0.05) is 47.6 Å². The van der Waals surface area contributed by atoms with E-state index in [4.69, 9.17) is 4.84 Å². The highest BCUT2D eigenvalue weighted by Gasteiger charge is 2.28. The Kier molecular flexibility index (Phi) is 4.14. The topological polar surface area (TPSA) is 50.7 Å². The highest BCUT2D eigenvalue weighted by atomic mass is 19.1. The van der Waals surface area contributed by atoms with Crippen molar-refractivity contribution in [2.75, 3.05) is 0 Å². The second kappa shape index (κ2) is 6.39. The van der Waals surface area contributed by atoms with E-state index in [0.717, 1.165) is 5.56 Å². The van der Waals surface area contributed by atoms with Crippen molar-refractivity contribution in [1.29, 1.82) is 0 Å². The van der Waals surface area contributed by atoms with Gasteiger partial charge in [-0.25, -0.2) is 4.39 Å². The number of hydrogen-bond acceptors (Lipinski definition) is 3. The molecule has 1 N–H and O–H groups in total. The van der Waals surface area contributed by atoms with Gasteiger partial charge in [-0.3, -0.25) is 4.79 Å². The maximum absolute atomic E-state index is 13.2. The molecule has 0 bridgehead atoms. The molecule has 5 heteroatoms. The van der Waals surface area contributed by atoms with Crippen LogP contribution in [0, 0.1) is 5.82 Å². The van der Waals surface area contributed by atoms with Gasteiger partial charge < -0.3 is 10.2 Å². The summed E-state index contributed by atoms with van der Waals surface area (Å²) in [6.07, 6.45) is -0.327. The molecule has 0 saturated heterocycles. The van der Waals surface area contributed by atoms with E-state index in [1.54, 1.807) is 12.1 Å². The minimum atomic E-state index is -0.665. The minimum Gasteiger partial charge on any atom is -0.382 e. The lowest BCUT2D eigenvalue weighted by atomic mass is 10.0. The smallest absolute Gasteiger partial charge is 0.264 e. The number of hydrogen-bond donors (Lipinski definition) is 1. The summed E-state index contributed by atoms with van der Waals surface area (Å²) in [5, 5.41) is 6.71. The van der Waals surface area contributed by atoms with Crippen molar-refractivity contribution in [2.45, 2.75) is 19.1 Å². The summed E-state index contributed by atoms with van der Waals surface area (Å²) in [5.41, 5.74) is 2.23. The molecule has 2 aromatic rings. The minimum absolute atomic E-state index is 0.223. The molecule has 2 aromatic carbocycles. The zero-order valence-electron chi connectivity index (χ0n) is 11.8. The van der Waals surface area contributed by atoms with Gasteiger partial charge in [-0.05, 0) is 17.7 Å². The van der Waals surface area contributed by atoms with Crippen molar-refractivity contribution in [1.82, 2.24) is 5.32 Å². The Balaban J connectivity index is 1.56. The lowest BCUT2D eigenvalue weighted by Crippen LogP contribution is -2.34. The predicted octanol–water partition coefficient (Wildman–Crippen LogP) is 2.64. The maximum Gasteiger partial charge on any atom is 0.264 e. The van der Waals surface area contributed by atoms with Crippen LogP contribution in [0.25, 0.3) is 0 Å². The first-order valence-corrected chi connectivity index (χ1v) is 7.02. The average Bonchev–Trinajstić information content (AvgIpc) is 3.04. The van der Waals surface area contributed by atoms with E-state index in [9.17, 15) is 9.18 Å². The first kappa shape index (κ1) is 14.3. The molecule has 1 amide bonds. The fraction of sp³-hybridized carbons (Fsp3) is 0.176. The van der Waals surface area contributed by atoms with Crippen LogP contribution in [-0.4, -0.2) is 17.7 Å². The third kappa shape index (κ3) is 3.31. The lowest BCUT2D eigenvalue weighted by Gasteiger charge is -2.09. The molecule has 3 rings (SSSR count). The summed E-state index contributed by atoms with van der Waals surface area (Å²) in [6, 6.07) is 15.7. The predicted molar refractivity (Wildman–Crippen MR) is 80.7 cm³/mol. The van der Waals surface area contributed by atoms with Crippen LogP contribution in [0.5, 0.6) is 0 Å². The standard InChI is InChI=1S/C17H15FN2O2/c18-14-8-4-7-13(9-14)15-10-16(22-20-15)17(21)19-11-12-5-2-1-3-6-12/h1-9,16H,10-11H2,(H,19,21). The molecule has 1 heterocycles. The van der Waals surface area contributed by atoms with Gasteiger partial charge in [0.25, 0.3) is 5.91 Å². The molecule has 0 aromatic heterocycles. The van der Waals surface area contributed by atoms with Crippen LogP contribution in [0.15, 0.2) is 59.8 Å². The van der Waals surface area contributed by atoms with Crippen molar-refractivity contribution in [3.05, 3.63) is 71.5 Å². The molecule has 4 nitrogen and oxygen atoms in total. The number of halogens is 1. The van der Waals surface area contributed by atoms with Crippen LogP contribution >= 0.6 is 0 Å². The van der Waals surface area contributed by atoms with Gasteiger partial charge in [0.1, 0.15) is 5.82 Å². The molecular formula is C17H15FN2O2. The number of benzene rings is 2. The molecule has 0 aliphatic carbocycles. The third-order valence-corrected chi connectivity index (χ3v) is 3.43. The quantitative estimate of drug-likeness (QED) is 0.943. The number of carbonyl (C=O) groups excluding carboxylic acids is 1. The van der Waals surface area contributed by atoms with E-state index in [1.807, 2.05) is 30.3 Å². The van der Waals surface area contributed by atoms with Crippen molar-refractivity contribution < 1.29 is 14.0 Å². The van der Waals surface area contributed by atoms with Gasteiger partial charge in [0.05, 0.1) is 5.71 Å². The van der Waals surface area contributed by atoms with Gasteiger partial charge in [0, 0.05) is 18.5 Å². The highest BCUT2D eigenvalue weighted by molar-refractivity contribution is 6.04. The van der Waals surface area contributed by atoms with E-state index in [-0.39, 0.29) is 11.7 Å². The largest absolute Gasteiger partial charge is 0.382 e. The fourth-order valence-corrected chi connectivity index (χ4v) is 2.26. The number of nitrogens with one attached hydrogen (secondary N) is 1. The Labute approximate surface area is 127 Å². The summed E-state index contributed by atoms with van der Waals surface area (Å²) in [7, 11) is 0. The molecule has 0 radical (unpaired) electrons. The first-order valence-electron chi connectivity index (χ1n) is 7.02. The Morgan fingerprint density at radius 1 is 1.23 bits per heavy atom. The molecule has 112 valence electrons. The van der Waals surface area contributed by atoms with Crippen LogP contribution in [0.4, 0.5) is 4.39 Å². The average molecular weight is 298 g/mol. The van der Waals surface area contributed by atoms with E-state index >= 15 is 0 Å². The summed E-state index contributed by atoms with van der Waals surface area (Å²) in [4.78, 5) is 17.2. The number of nitrogens with zero attached hydrogens (tertiary/aromatic N) is 1. The van der Waals surface area contributed by atoms with E-state index < -0.39 is 6.10 Å². The SMILES string of the molecule is O=C(NCc1ccccc1)C1CC(c2cccc(F)c2)=NO1. The highest BCUT2D eigenvalue weighted by Crippen LogP contribution is 2.17. The Morgan fingerprint density at radius 3 is 2.82 bits per heavy atom. The maximum atomic E-state index is 13.2. The van der Waals surface area contributed by atoms with Crippen molar-refractivity contribution in [3.63, 3.8) is 0 Å². The van der Waals surface area contributed by atoms with Crippen LogP contribution < -0.4 is 5.32 Å². The molecule has 22 heavy (non-hydrogen) atoms. The summed E-state index contributed by atoms with van der Waals surface area (Å²) in [5.74, 6) is -0.559. The molecule has 1 unspecified atom stereocenters. The van der Waals surface area contributed by atoms with E-state index in [2.05, 4.69) is 10.5 Å². The van der Waals surface area contributed by atoms with Crippen molar-refractivity contribution >= 4 is 11.6 Å². The Bertz CT molecular complexity index is 701.